The molecule has 2 nitrogen and oxygen atoms in total. The van der Waals surface area contributed by atoms with Crippen molar-refractivity contribution in [1.29, 1.82) is 0 Å². The van der Waals surface area contributed by atoms with Crippen LogP contribution in [0.25, 0.3) is 0 Å². The number of ketones is 1. The predicted octanol–water partition coefficient (Wildman–Crippen LogP) is 4.25. The van der Waals surface area contributed by atoms with E-state index in [1.165, 1.54) is 32.1 Å². The quantitative estimate of drug-likeness (QED) is 0.541. The van der Waals surface area contributed by atoms with E-state index >= 15 is 0 Å². The van der Waals surface area contributed by atoms with E-state index in [0.29, 0.717) is 6.42 Å². The van der Waals surface area contributed by atoms with Crippen molar-refractivity contribution in [1.82, 2.24) is 0 Å². The van der Waals surface area contributed by atoms with Gasteiger partial charge in [-0.2, -0.15) is 0 Å². The van der Waals surface area contributed by atoms with E-state index in [1.807, 2.05) is 30.3 Å². The molecular formula is C17H24O2. The van der Waals surface area contributed by atoms with Crippen LogP contribution in [0.3, 0.4) is 0 Å². The Morgan fingerprint density at radius 1 is 1.11 bits per heavy atom. The average Bonchev–Trinajstić information content (AvgIpc) is 2.49. The molecular weight excluding hydrogens is 236 g/mol. The lowest BCUT2D eigenvalue weighted by atomic mass is 9.90. The lowest BCUT2D eigenvalue weighted by Crippen LogP contribution is -2.14. The zero-order valence-electron chi connectivity index (χ0n) is 11.6. The summed E-state index contributed by atoms with van der Waals surface area (Å²) in [6.45, 7) is 1.61. The smallest absolute Gasteiger partial charge is 0.162 e. The second-order valence-electron chi connectivity index (χ2n) is 5.47. The van der Waals surface area contributed by atoms with Gasteiger partial charge in [-0.3, -0.25) is 4.79 Å². The summed E-state index contributed by atoms with van der Waals surface area (Å²) in [6.07, 6.45) is 8.18. The fraction of sp³-hybridized carbons (Fsp3) is 0.588. The molecule has 0 heterocycles. The molecule has 0 N–H and O–H groups in total. The van der Waals surface area contributed by atoms with Crippen molar-refractivity contribution in [3.05, 3.63) is 35.9 Å². The second kappa shape index (κ2) is 8.11. The van der Waals surface area contributed by atoms with Crippen molar-refractivity contribution in [2.45, 2.75) is 44.9 Å². The maximum atomic E-state index is 11.9. The van der Waals surface area contributed by atoms with E-state index < -0.39 is 0 Å². The molecule has 0 amide bonds. The molecule has 1 saturated carbocycles. The minimum atomic E-state index is 0.224. The minimum absolute atomic E-state index is 0.224. The molecule has 1 aliphatic carbocycles. The molecule has 19 heavy (non-hydrogen) atoms. The first-order valence-corrected chi connectivity index (χ1v) is 7.52. The molecule has 0 bridgehead atoms. The van der Waals surface area contributed by atoms with Gasteiger partial charge in [-0.1, -0.05) is 49.6 Å². The Kier molecular flexibility index (Phi) is 6.09. The first kappa shape index (κ1) is 14.3. The van der Waals surface area contributed by atoms with Crippen LogP contribution in [0, 0.1) is 5.92 Å². The Balaban J connectivity index is 1.55. The molecule has 0 atom stereocenters. The van der Waals surface area contributed by atoms with E-state index in [0.717, 1.165) is 31.1 Å². The van der Waals surface area contributed by atoms with Gasteiger partial charge in [-0.25, -0.2) is 0 Å². The van der Waals surface area contributed by atoms with Gasteiger partial charge >= 0.3 is 0 Å². The number of carbonyl (C=O) groups excluding carboxylic acids is 1. The molecule has 0 unspecified atom stereocenters. The predicted molar refractivity (Wildman–Crippen MR) is 77.4 cm³/mol. The summed E-state index contributed by atoms with van der Waals surface area (Å²) in [7, 11) is 0. The summed E-state index contributed by atoms with van der Waals surface area (Å²) < 4.78 is 5.71. The third kappa shape index (κ3) is 5.15. The Bertz CT molecular complexity index is 366. The van der Waals surface area contributed by atoms with E-state index in [1.54, 1.807) is 0 Å². The Morgan fingerprint density at radius 2 is 1.84 bits per heavy atom. The molecule has 1 aromatic rings. The van der Waals surface area contributed by atoms with Crippen LogP contribution in [0.5, 0.6) is 0 Å². The van der Waals surface area contributed by atoms with Crippen LogP contribution in [0.4, 0.5) is 0 Å². The fourth-order valence-electron chi connectivity index (χ4n) is 2.71. The fourth-order valence-corrected chi connectivity index (χ4v) is 2.71. The van der Waals surface area contributed by atoms with Crippen LogP contribution in [0.15, 0.2) is 30.3 Å². The van der Waals surface area contributed by atoms with Crippen LogP contribution < -0.4 is 0 Å². The van der Waals surface area contributed by atoms with Gasteiger partial charge in [0.15, 0.2) is 5.78 Å². The van der Waals surface area contributed by atoms with Crippen molar-refractivity contribution >= 4 is 5.78 Å². The molecule has 1 aromatic carbocycles. The summed E-state index contributed by atoms with van der Waals surface area (Å²) in [5.41, 5.74) is 0.815. The Hall–Kier alpha value is -1.15. The molecule has 104 valence electrons. The number of rotatable bonds is 7. The van der Waals surface area contributed by atoms with Gasteiger partial charge in [0, 0.05) is 25.2 Å². The second-order valence-corrected chi connectivity index (χ2v) is 5.47. The standard InChI is InChI=1S/C17H24O2/c18-17(16-10-5-2-6-11-16)12-7-13-19-14-15-8-3-1-4-9-15/h2,5-6,10-11,15H,1,3-4,7-9,12-14H2. The van der Waals surface area contributed by atoms with Gasteiger partial charge in [-0.05, 0) is 25.2 Å². The molecule has 0 aliphatic heterocycles. The Morgan fingerprint density at radius 3 is 2.58 bits per heavy atom. The van der Waals surface area contributed by atoms with Gasteiger partial charge in [0.1, 0.15) is 0 Å². The molecule has 2 rings (SSSR count). The average molecular weight is 260 g/mol. The third-order valence-electron chi connectivity index (χ3n) is 3.87. The maximum Gasteiger partial charge on any atom is 0.162 e. The van der Waals surface area contributed by atoms with Crippen molar-refractivity contribution in [3.8, 4) is 0 Å². The van der Waals surface area contributed by atoms with Gasteiger partial charge in [0.05, 0.1) is 0 Å². The van der Waals surface area contributed by atoms with Crippen molar-refractivity contribution in [3.63, 3.8) is 0 Å². The summed E-state index contributed by atoms with van der Waals surface area (Å²) in [4.78, 5) is 11.9. The van der Waals surface area contributed by atoms with Crippen LogP contribution >= 0.6 is 0 Å². The van der Waals surface area contributed by atoms with E-state index in [-0.39, 0.29) is 5.78 Å². The first-order valence-electron chi connectivity index (χ1n) is 7.52. The normalized spacial score (nSPS) is 16.4. The number of hydrogen-bond acceptors (Lipinski definition) is 2. The van der Waals surface area contributed by atoms with E-state index in [9.17, 15) is 4.79 Å². The number of ether oxygens (including phenoxy) is 1. The molecule has 1 fully saturated rings. The van der Waals surface area contributed by atoms with Gasteiger partial charge in [0.2, 0.25) is 0 Å². The summed E-state index contributed by atoms with van der Waals surface area (Å²) in [6, 6.07) is 9.51. The largest absolute Gasteiger partial charge is 0.381 e. The van der Waals surface area contributed by atoms with Crippen molar-refractivity contribution in [2.24, 2.45) is 5.92 Å². The SMILES string of the molecule is O=C(CCCOCC1CCCCC1)c1ccccc1. The van der Waals surface area contributed by atoms with Gasteiger partial charge < -0.3 is 4.74 Å². The topological polar surface area (TPSA) is 26.3 Å². The first-order chi connectivity index (χ1) is 9.36. The zero-order valence-corrected chi connectivity index (χ0v) is 11.6. The van der Waals surface area contributed by atoms with Crippen LogP contribution in [0.2, 0.25) is 0 Å². The molecule has 0 radical (unpaired) electrons. The minimum Gasteiger partial charge on any atom is -0.381 e. The highest BCUT2D eigenvalue weighted by Crippen LogP contribution is 2.23. The lowest BCUT2D eigenvalue weighted by molar-refractivity contribution is 0.0780. The van der Waals surface area contributed by atoms with E-state index in [2.05, 4.69) is 0 Å². The third-order valence-corrected chi connectivity index (χ3v) is 3.87. The highest BCUT2D eigenvalue weighted by atomic mass is 16.5. The number of carbonyl (C=O) groups is 1. The Labute approximate surface area is 116 Å². The summed E-state index contributed by atoms with van der Waals surface area (Å²) in [5, 5.41) is 0. The summed E-state index contributed by atoms with van der Waals surface area (Å²) in [5.74, 6) is 0.987. The molecule has 0 spiro atoms. The number of hydrogen-bond donors (Lipinski definition) is 0. The van der Waals surface area contributed by atoms with Crippen molar-refractivity contribution < 1.29 is 9.53 Å². The lowest BCUT2D eigenvalue weighted by Gasteiger charge is -2.21. The van der Waals surface area contributed by atoms with E-state index in [4.69, 9.17) is 4.74 Å². The monoisotopic (exact) mass is 260 g/mol. The highest BCUT2D eigenvalue weighted by molar-refractivity contribution is 5.95. The number of Topliss-reactive ketones (excluding diaryl/α,β-unsaturated/α-hetero) is 1. The molecule has 1 aliphatic rings. The van der Waals surface area contributed by atoms with Crippen LogP contribution in [-0.4, -0.2) is 19.0 Å². The summed E-state index contributed by atoms with van der Waals surface area (Å²) >= 11 is 0. The molecule has 2 heteroatoms. The van der Waals surface area contributed by atoms with Crippen molar-refractivity contribution in [2.75, 3.05) is 13.2 Å². The number of benzene rings is 1. The molecule has 0 saturated heterocycles. The molecule has 0 aromatic heterocycles. The highest BCUT2D eigenvalue weighted by Gasteiger charge is 2.13. The van der Waals surface area contributed by atoms with Crippen LogP contribution in [0.1, 0.15) is 55.3 Å². The maximum absolute atomic E-state index is 11.9. The van der Waals surface area contributed by atoms with Gasteiger partial charge in [0.25, 0.3) is 0 Å². The van der Waals surface area contributed by atoms with Gasteiger partial charge in [-0.15, -0.1) is 0 Å². The van der Waals surface area contributed by atoms with Crippen LogP contribution in [-0.2, 0) is 4.74 Å². The zero-order chi connectivity index (χ0) is 13.3.